The molecule has 1 saturated carbocycles. The fraction of sp³-hybridized carbons (Fsp3) is 0.348. The Bertz CT molecular complexity index is 1210. The maximum Gasteiger partial charge on any atom is 0.154 e. The summed E-state index contributed by atoms with van der Waals surface area (Å²) in [5.41, 5.74) is 6.24. The van der Waals surface area contributed by atoms with Gasteiger partial charge in [0, 0.05) is 36.5 Å². The van der Waals surface area contributed by atoms with Crippen molar-refractivity contribution >= 4 is 22.7 Å². The summed E-state index contributed by atoms with van der Waals surface area (Å²) in [4.78, 5) is 9.42. The molecule has 4 aromatic rings. The molecule has 0 radical (unpaired) electrons. The van der Waals surface area contributed by atoms with Gasteiger partial charge in [-0.3, -0.25) is 9.67 Å². The van der Waals surface area contributed by atoms with Crippen molar-refractivity contribution < 1.29 is 0 Å². The molecule has 0 spiro atoms. The number of nitrogens with zero attached hydrogens (tertiary/aromatic N) is 6. The zero-order chi connectivity index (χ0) is 20.7. The van der Waals surface area contributed by atoms with E-state index in [2.05, 4.69) is 46.6 Å². The van der Waals surface area contributed by atoms with Gasteiger partial charge in [-0.1, -0.05) is 20.3 Å². The van der Waals surface area contributed by atoms with Crippen LogP contribution < -0.4 is 5.32 Å². The Hall–Kier alpha value is -3.35. The molecule has 4 heterocycles. The lowest BCUT2D eigenvalue weighted by atomic mass is 9.81. The SMILES string of the molecule is CC(C)c1cnnc(Nc2ccc3ncc(-c4cn(C)nc4C4CCC4)cc3n2)c1. The number of aryl methyl sites for hydroxylation is 1. The van der Waals surface area contributed by atoms with Crippen LogP contribution in [0.5, 0.6) is 0 Å². The molecule has 0 saturated heterocycles. The number of fused-ring (bicyclic) bond motifs is 1. The van der Waals surface area contributed by atoms with E-state index < -0.39 is 0 Å². The lowest BCUT2D eigenvalue weighted by molar-refractivity contribution is 0.408. The number of aromatic nitrogens is 6. The molecule has 1 fully saturated rings. The lowest BCUT2D eigenvalue weighted by Gasteiger charge is -2.24. The van der Waals surface area contributed by atoms with Crippen LogP contribution in [-0.2, 0) is 7.05 Å². The first kappa shape index (κ1) is 18.7. The summed E-state index contributed by atoms with van der Waals surface area (Å²) in [6, 6.07) is 8.01. The fourth-order valence-corrected chi connectivity index (χ4v) is 3.82. The minimum absolute atomic E-state index is 0.390. The molecular formula is C23H25N7. The van der Waals surface area contributed by atoms with Crippen LogP contribution in [0.25, 0.3) is 22.2 Å². The molecule has 1 N–H and O–H groups in total. The molecular weight excluding hydrogens is 374 g/mol. The molecule has 0 aliphatic heterocycles. The third kappa shape index (κ3) is 3.51. The first-order valence-electron chi connectivity index (χ1n) is 10.5. The second-order valence-electron chi connectivity index (χ2n) is 8.34. The Kier molecular flexibility index (Phi) is 4.65. The van der Waals surface area contributed by atoms with Crippen molar-refractivity contribution in [2.24, 2.45) is 7.05 Å². The highest BCUT2D eigenvalue weighted by atomic mass is 15.3. The van der Waals surface area contributed by atoms with E-state index in [9.17, 15) is 0 Å². The fourth-order valence-electron chi connectivity index (χ4n) is 3.82. The second kappa shape index (κ2) is 7.48. The number of anilines is 2. The van der Waals surface area contributed by atoms with Crippen LogP contribution >= 0.6 is 0 Å². The Morgan fingerprint density at radius 2 is 1.93 bits per heavy atom. The standard InChI is InChI=1S/C23H25N7/c1-14(2)16-10-22(28-25-12-16)27-21-8-7-19-20(26-21)9-17(11-24-19)18-13-30(3)29-23(18)15-5-4-6-15/h7-15H,4-6H2,1-3H3,(H,26,27,28). The van der Waals surface area contributed by atoms with Gasteiger partial charge in [0.05, 0.1) is 22.9 Å². The number of hydrogen-bond donors (Lipinski definition) is 1. The monoisotopic (exact) mass is 399 g/mol. The summed E-state index contributed by atoms with van der Waals surface area (Å²) in [6.45, 7) is 4.27. The molecule has 0 amide bonds. The van der Waals surface area contributed by atoms with Crippen LogP contribution in [0.2, 0.25) is 0 Å². The number of hydrogen-bond acceptors (Lipinski definition) is 6. The van der Waals surface area contributed by atoms with Crippen molar-refractivity contribution in [1.29, 1.82) is 0 Å². The number of pyridine rings is 2. The van der Waals surface area contributed by atoms with E-state index in [4.69, 9.17) is 10.1 Å². The summed E-state index contributed by atoms with van der Waals surface area (Å²) < 4.78 is 1.90. The van der Waals surface area contributed by atoms with Gasteiger partial charge in [-0.25, -0.2) is 4.98 Å². The second-order valence-corrected chi connectivity index (χ2v) is 8.34. The van der Waals surface area contributed by atoms with Gasteiger partial charge >= 0.3 is 0 Å². The average molecular weight is 400 g/mol. The van der Waals surface area contributed by atoms with Crippen molar-refractivity contribution in [1.82, 2.24) is 29.9 Å². The zero-order valence-corrected chi connectivity index (χ0v) is 17.5. The number of rotatable bonds is 5. The lowest BCUT2D eigenvalue weighted by Crippen LogP contribution is -2.10. The molecule has 4 aromatic heterocycles. The summed E-state index contributed by atoms with van der Waals surface area (Å²) in [6.07, 6.45) is 9.53. The summed E-state index contributed by atoms with van der Waals surface area (Å²) in [5, 5.41) is 16.3. The maximum atomic E-state index is 4.78. The van der Waals surface area contributed by atoms with E-state index >= 15 is 0 Å². The van der Waals surface area contributed by atoms with Crippen molar-refractivity contribution in [2.75, 3.05) is 5.32 Å². The molecule has 0 aromatic carbocycles. The van der Waals surface area contributed by atoms with Gasteiger partial charge in [-0.05, 0) is 48.6 Å². The third-order valence-corrected chi connectivity index (χ3v) is 5.80. The maximum absolute atomic E-state index is 4.78. The van der Waals surface area contributed by atoms with Gasteiger partial charge in [0.1, 0.15) is 5.82 Å². The van der Waals surface area contributed by atoms with Gasteiger partial charge in [0.2, 0.25) is 0 Å². The Labute approximate surface area is 175 Å². The van der Waals surface area contributed by atoms with E-state index in [1.807, 2.05) is 36.1 Å². The van der Waals surface area contributed by atoms with Gasteiger partial charge < -0.3 is 5.32 Å². The van der Waals surface area contributed by atoms with E-state index in [0.29, 0.717) is 17.7 Å². The minimum atomic E-state index is 0.390. The van der Waals surface area contributed by atoms with E-state index in [-0.39, 0.29) is 0 Å². The summed E-state index contributed by atoms with van der Waals surface area (Å²) in [7, 11) is 1.98. The van der Waals surface area contributed by atoms with Gasteiger partial charge in [-0.15, -0.1) is 5.10 Å². The normalized spacial score (nSPS) is 14.3. The van der Waals surface area contributed by atoms with Crippen LogP contribution in [0.4, 0.5) is 11.6 Å². The van der Waals surface area contributed by atoms with Gasteiger partial charge in [0.25, 0.3) is 0 Å². The van der Waals surface area contributed by atoms with Crippen molar-refractivity contribution in [3.05, 3.63) is 54.1 Å². The molecule has 7 nitrogen and oxygen atoms in total. The average Bonchev–Trinajstić information content (AvgIpc) is 3.07. The van der Waals surface area contributed by atoms with Crippen LogP contribution in [0.1, 0.15) is 56.2 Å². The Morgan fingerprint density at radius 1 is 1.07 bits per heavy atom. The van der Waals surface area contributed by atoms with E-state index in [1.54, 1.807) is 6.20 Å². The van der Waals surface area contributed by atoms with E-state index in [0.717, 1.165) is 33.5 Å². The van der Waals surface area contributed by atoms with Gasteiger partial charge in [0.15, 0.2) is 5.82 Å². The molecule has 0 unspecified atom stereocenters. The summed E-state index contributed by atoms with van der Waals surface area (Å²) >= 11 is 0. The van der Waals surface area contributed by atoms with Crippen molar-refractivity contribution in [3.8, 4) is 11.1 Å². The highest BCUT2D eigenvalue weighted by Gasteiger charge is 2.26. The Balaban J connectivity index is 1.49. The van der Waals surface area contributed by atoms with Crippen LogP contribution in [0, 0.1) is 0 Å². The largest absolute Gasteiger partial charge is 0.323 e. The van der Waals surface area contributed by atoms with Crippen LogP contribution in [0.3, 0.4) is 0 Å². The zero-order valence-electron chi connectivity index (χ0n) is 17.5. The topological polar surface area (TPSA) is 81.4 Å². The molecule has 0 atom stereocenters. The summed E-state index contributed by atoms with van der Waals surface area (Å²) in [5.74, 6) is 2.37. The molecule has 152 valence electrons. The molecule has 1 aliphatic rings. The van der Waals surface area contributed by atoms with Crippen molar-refractivity contribution in [2.45, 2.75) is 44.9 Å². The molecule has 1 aliphatic carbocycles. The van der Waals surface area contributed by atoms with Crippen LogP contribution in [-0.4, -0.2) is 29.9 Å². The quantitative estimate of drug-likeness (QED) is 0.511. The van der Waals surface area contributed by atoms with Gasteiger partial charge in [-0.2, -0.15) is 10.2 Å². The predicted molar refractivity (Wildman–Crippen MR) is 118 cm³/mol. The van der Waals surface area contributed by atoms with Crippen molar-refractivity contribution in [3.63, 3.8) is 0 Å². The first-order chi connectivity index (χ1) is 14.6. The number of nitrogens with one attached hydrogen (secondary N) is 1. The van der Waals surface area contributed by atoms with Crippen LogP contribution in [0.15, 0.2) is 42.9 Å². The highest BCUT2D eigenvalue weighted by Crippen LogP contribution is 2.40. The molecule has 7 heteroatoms. The predicted octanol–water partition coefficient (Wildman–Crippen LogP) is 4.95. The smallest absolute Gasteiger partial charge is 0.154 e. The third-order valence-electron chi connectivity index (χ3n) is 5.80. The minimum Gasteiger partial charge on any atom is -0.323 e. The molecule has 30 heavy (non-hydrogen) atoms. The molecule has 0 bridgehead atoms. The Morgan fingerprint density at radius 3 is 2.70 bits per heavy atom. The van der Waals surface area contributed by atoms with E-state index in [1.165, 1.54) is 25.0 Å². The highest BCUT2D eigenvalue weighted by molar-refractivity contribution is 5.82. The molecule has 5 rings (SSSR count). The first-order valence-corrected chi connectivity index (χ1v) is 10.5.